The van der Waals surface area contributed by atoms with E-state index in [1.54, 1.807) is 26.0 Å². The number of carbonyl (C=O) groups is 2. The van der Waals surface area contributed by atoms with E-state index in [0.717, 1.165) is 11.0 Å². The van der Waals surface area contributed by atoms with E-state index in [-0.39, 0.29) is 5.69 Å². The first kappa shape index (κ1) is 16.8. The van der Waals surface area contributed by atoms with Crippen molar-refractivity contribution in [1.29, 1.82) is 5.26 Å². The Morgan fingerprint density at radius 1 is 1.12 bits per heavy atom. The predicted octanol–water partition coefficient (Wildman–Crippen LogP) is 2.80. The topological polar surface area (TPSA) is 70.4 Å². The van der Waals surface area contributed by atoms with Gasteiger partial charge in [-0.2, -0.15) is 18.4 Å². The summed E-state index contributed by atoms with van der Waals surface area (Å²) in [6, 6.07) is 4.31. The minimum Gasteiger partial charge on any atom is -0.359 e. The van der Waals surface area contributed by atoms with E-state index in [0.29, 0.717) is 6.07 Å². The van der Waals surface area contributed by atoms with Gasteiger partial charge in [-0.1, -0.05) is 12.2 Å². The van der Waals surface area contributed by atoms with Crippen molar-refractivity contribution >= 4 is 17.5 Å². The lowest BCUT2D eigenvalue weighted by Crippen LogP contribution is -2.39. The summed E-state index contributed by atoms with van der Waals surface area (Å²) in [5, 5.41) is 8.90. The van der Waals surface area contributed by atoms with Crippen LogP contribution in [-0.4, -0.2) is 23.0 Å². The second kappa shape index (κ2) is 4.74. The molecule has 4 atom stereocenters. The molecule has 2 saturated heterocycles. The number of hydrogen-bond acceptors (Lipinski definition) is 4. The summed E-state index contributed by atoms with van der Waals surface area (Å²) in [4.78, 5) is 26.6. The Labute approximate surface area is 146 Å². The van der Waals surface area contributed by atoms with Crippen LogP contribution in [0.3, 0.4) is 0 Å². The lowest BCUT2D eigenvalue weighted by Gasteiger charge is -2.25. The van der Waals surface area contributed by atoms with Gasteiger partial charge in [0.05, 0.1) is 45.9 Å². The van der Waals surface area contributed by atoms with Crippen molar-refractivity contribution in [3.05, 3.63) is 41.5 Å². The molecule has 134 valence electrons. The molecule has 0 aromatic heterocycles. The smallest absolute Gasteiger partial charge is 0.359 e. The van der Waals surface area contributed by atoms with Crippen molar-refractivity contribution < 1.29 is 27.5 Å². The Hall–Kier alpha value is -2.66. The highest BCUT2D eigenvalue weighted by Gasteiger charge is 2.70. The fraction of sp³-hybridized carbons (Fsp3) is 0.389. The lowest BCUT2D eigenvalue weighted by atomic mass is 9.73. The van der Waals surface area contributed by atoms with Crippen molar-refractivity contribution in [1.82, 2.24) is 0 Å². The number of nitrogens with zero attached hydrogens (tertiary/aromatic N) is 2. The molecule has 2 fully saturated rings. The van der Waals surface area contributed by atoms with Crippen molar-refractivity contribution in [3.8, 4) is 6.07 Å². The Morgan fingerprint density at radius 2 is 1.65 bits per heavy atom. The molecule has 3 unspecified atom stereocenters. The molecule has 1 aromatic rings. The Morgan fingerprint density at radius 3 is 2.12 bits per heavy atom. The minimum absolute atomic E-state index is 0.188. The molecular formula is C18H13F3N2O3. The molecule has 0 aliphatic carbocycles. The number of alkyl halides is 3. The summed E-state index contributed by atoms with van der Waals surface area (Å²) in [6.07, 6.45) is -1.32. The molecule has 1 aromatic carbocycles. The van der Waals surface area contributed by atoms with Gasteiger partial charge in [-0.05, 0) is 32.0 Å². The number of benzene rings is 1. The van der Waals surface area contributed by atoms with E-state index in [1.807, 2.05) is 0 Å². The molecule has 3 aliphatic rings. The first-order chi connectivity index (χ1) is 12.0. The Balaban J connectivity index is 1.81. The first-order valence-electron chi connectivity index (χ1n) is 7.91. The highest BCUT2D eigenvalue weighted by atomic mass is 19.4. The summed E-state index contributed by atoms with van der Waals surface area (Å²) in [5.41, 5.74) is -3.84. The van der Waals surface area contributed by atoms with E-state index in [2.05, 4.69) is 0 Å². The average Bonchev–Trinajstić information content (AvgIpc) is 3.10. The normalized spacial score (nSPS) is 35.2. The molecule has 2 bridgehead atoms. The first-order valence-corrected chi connectivity index (χ1v) is 7.91. The molecule has 0 N–H and O–H groups in total. The van der Waals surface area contributed by atoms with Crippen molar-refractivity contribution in [2.24, 2.45) is 11.8 Å². The van der Waals surface area contributed by atoms with Crippen molar-refractivity contribution in [3.63, 3.8) is 0 Å². The molecule has 26 heavy (non-hydrogen) atoms. The third-order valence-electron chi connectivity index (χ3n) is 5.41. The van der Waals surface area contributed by atoms with Crippen LogP contribution >= 0.6 is 0 Å². The standard InChI is InChI=1S/C18H13F3N2O3/c1-16-5-6-17(2,26-16)13-12(16)14(24)23(15(13)25)10-4-3-9(8-22)11(7-10)18(19,20)21/h3-7,12-13H,1-2H3/t12-,13?,16?,17?/m1/s1. The molecule has 4 rings (SSSR count). The van der Waals surface area contributed by atoms with Gasteiger partial charge in [0.2, 0.25) is 11.8 Å². The SMILES string of the molecule is CC12C=CC(C)(O1)[C@H]1C(=O)N(c3ccc(C#N)c(C(F)(F)F)c3)C(=O)C12. The summed E-state index contributed by atoms with van der Waals surface area (Å²) in [6.45, 7) is 3.38. The van der Waals surface area contributed by atoms with Gasteiger partial charge < -0.3 is 4.74 Å². The monoisotopic (exact) mass is 362 g/mol. The number of anilines is 1. The van der Waals surface area contributed by atoms with E-state index >= 15 is 0 Å². The fourth-order valence-electron chi connectivity index (χ4n) is 4.29. The zero-order chi connectivity index (χ0) is 19.1. The van der Waals surface area contributed by atoms with Crippen LogP contribution in [0.4, 0.5) is 18.9 Å². The van der Waals surface area contributed by atoms with Gasteiger partial charge in [-0.15, -0.1) is 0 Å². The van der Waals surface area contributed by atoms with E-state index in [1.165, 1.54) is 12.1 Å². The Bertz CT molecular complexity index is 897. The maximum Gasteiger partial charge on any atom is 0.417 e. The van der Waals surface area contributed by atoms with Crippen molar-refractivity contribution in [2.75, 3.05) is 4.90 Å². The van der Waals surface area contributed by atoms with Gasteiger partial charge in [0.25, 0.3) is 0 Å². The second-order valence-electron chi connectivity index (χ2n) is 7.11. The van der Waals surface area contributed by atoms with Gasteiger partial charge in [-0.25, -0.2) is 4.90 Å². The van der Waals surface area contributed by atoms with Gasteiger partial charge in [0.1, 0.15) is 0 Å². The molecular weight excluding hydrogens is 349 g/mol. The zero-order valence-electron chi connectivity index (χ0n) is 13.8. The summed E-state index contributed by atoms with van der Waals surface area (Å²) in [5.74, 6) is -2.74. The largest absolute Gasteiger partial charge is 0.417 e. The van der Waals surface area contributed by atoms with E-state index in [9.17, 15) is 22.8 Å². The number of rotatable bonds is 1. The number of carbonyl (C=O) groups excluding carboxylic acids is 2. The van der Waals surface area contributed by atoms with Gasteiger partial charge in [-0.3, -0.25) is 9.59 Å². The summed E-state index contributed by atoms with van der Waals surface area (Å²) < 4.78 is 45.5. The number of nitriles is 1. The number of imide groups is 1. The highest BCUT2D eigenvalue weighted by molar-refractivity contribution is 6.23. The van der Waals surface area contributed by atoms with Crippen LogP contribution < -0.4 is 4.90 Å². The van der Waals surface area contributed by atoms with Crippen molar-refractivity contribution in [2.45, 2.75) is 31.2 Å². The van der Waals surface area contributed by atoms with E-state index < -0.39 is 52.2 Å². The molecule has 5 nitrogen and oxygen atoms in total. The Kier molecular flexibility index (Phi) is 3.06. The van der Waals surface area contributed by atoms with E-state index in [4.69, 9.17) is 10.00 Å². The van der Waals surface area contributed by atoms with Gasteiger partial charge >= 0.3 is 6.18 Å². The third-order valence-corrected chi connectivity index (χ3v) is 5.41. The average molecular weight is 362 g/mol. The summed E-state index contributed by atoms with van der Waals surface area (Å²) in [7, 11) is 0. The fourth-order valence-corrected chi connectivity index (χ4v) is 4.29. The third kappa shape index (κ3) is 1.95. The van der Waals surface area contributed by atoms with Gasteiger partial charge in [0.15, 0.2) is 0 Å². The van der Waals surface area contributed by atoms with Crippen LogP contribution in [0.1, 0.15) is 25.0 Å². The molecule has 3 heterocycles. The van der Waals surface area contributed by atoms with Crippen LogP contribution in [0.25, 0.3) is 0 Å². The number of fused-ring (bicyclic) bond motifs is 5. The summed E-state index contributed by atoms with van der Waals surface area (Å²) >= 11 is 0. The zero-order valence-corrected chi connectivity index (χ0v) is 13.8. The van der Waals surface area contributed by atoms with Crippen LogP contribution in [0, 0.1) is 23.2 Å². The molecule has 0 radical (unpaired) electrons. The molecule has 2 amide bonds. The molecule has 0 saturated carbocycles. The maximum absolute atomic E-state index is 13.2. The molecule has 8 heteroatoms. The van der Waals surface area contributed by atoms with Gasteiger partial charge in [0, 0.05) is 0 Å². The molecule has 0 spiro atoms. The lowest BCUT2D eigenvalue weighted by molar-refractivity contribution is -0.138. The highest BCUT2D eigenvalue weighted by Crippen LogP contribution is 2.57. The minimum atomic E-state index is -4.77. The maximum atomic E-state index is 13.2. The number of hydrogen-bond donors (Lipinski definition) is 0. The predicted molar refractivity (Wildman–Crippen MR) is 82.7 cm³/mol. The molecule has 3 aliphatic heterocycles. The number of halogens is 3. The van der Waals surface area contributed by atoms with Crippen LogP contribution in [0.5, 0.6) is 0 Å². The number of ether oxygens (including phenoxy) is 1. The van der Waals surface area contributed by atoms with Crippen LogP contribution in [0.2, 0.25) is 0 Å². The van der Waals surface area contributed by atoms with Crippen LogP contribution in [-0.2, 0) is 20.5 Å². The second-order valence-corrected chi connectivity index (χ2v) is 7.11. The quantitative estimate of drug-likeness (QED) is 0.569. The van der Waals surface area contributed by atoms with Crippen LogP contribution in [0.15, 0.2) is 30.4 Å². The number of amides is 2.